The highest BCUT2D eigenvalue weighted by molar-refractivity contribution is 7.86. The molecule has 2 rings (SSSR count). The molecular formula is C64H144Cl3N4O17S2Si2+. The Balaban J connectivity index is -0.000000438. The van der Waals surface area contributed by atoms with Crippen molar-refractivity contribution in [3.63, 3.8) is 0 Å². The third-order valence-electron chi connectivity index (χ3n) is 17.8. The van der Waals surface area contributed by atoms with Crippen LogP contribution in [0, 0.1) is 0 Å². The number of nitrogens with zero attached hydrogens (tertiary/aromatic N) is 4. The quantitative estimate of drug-likeness (QED) is 0.0167. The molecule has 0 aliphatic carbocycles. The number of aliphatic hydroxyl groups is 5. The first-order chi connectivity index (χ1) is 41.5. The van der Waals surface area contributed by atoms with Crippen molar-refractivity contribution in [2.45, 2.75) is 264 Å². The summed E-state index contributed by atoms with van der Waals surface area (Å²) >= 11 is 0. The van der Waals surface area contributed by atoms with E-state index in [0.29, 0.717) is 43.9 Å². The Morgan fingerprint density at radius 2 is 0.739 bits per heavy atom. The van der Waals surface area contributed by atoms with Gasteiger partial charge in [0.2, 0.25) is 0 Å². The molecule has 2 fully saturated rings. The minimum Gasteiger partial charge on any atom is -1.00 e. The molecule has 0 spiro atoms. The van der Waals surface area contributed by atoms with Crippen molar-refractivity contribution in [3.05, 3.63) is 0 Å². The van der Waals surface area contributed by atoms with E-state index in [0.717, 1.165) is 41.1 Å². The van der Waals surface area contributed by atoms with Gasteiger partial charge in [-0.25, -0.2) is 0 Å². The van der Waals surface area contributed by atoms with Crippen molar-refractivity contribution >= 4 is 37.8 Å². The smallest absolute Gasteiger partial charge is 0.505 e. The van der Waals surface area contributed by atoms with Gasteiger partial charge in [0, 0.05) is 24.9 Å². The molecule has 0 radical (unpaired) electrons. The molecule has 0 aromatic carbocycles. The van der Waals surface area contributed by atoms with Crippen LogP contribution in [0.1, 0.15) is 240 Å². The molecule has 2 aliphatic rings. The Kier molecular flexibility index (Phi) is 65.1. The third kappa shape index (κ3) is 60.5. The zero-order valence-electron chi connectivity index (χ0n) is 58.1. The minimum atomic E-state index is -4.29. The molecule has 28 heteroatoms. The summed E-state index contributed by atoms with van der Waals surface area (Å²) in [5.41, 5.74) is 0. The fourth-order valence-electron chi connectivity index (χ4n) is 12.4. The van der Waals surface area contributed by atoms with E-state index < -0.39 is 61.6 Å². The first-order valence-corrected chi connectivity index (χ1v) is 42.3. The number of quaternary nitrogens is 4. The van der Waals surface area contributed by atoms with E-state index in [1.54, 1.807) is 0 Å². The first kappa shape index (κ1) is 101. The zero-order chi connectivity index (χ0) is 66.2. The second-order valence-corrected chi connectivity index (χ2v) is 35.4. The van der Waals surface area contributed by atoms with Gasteiger partial charge in [-0.15, -0.1) is 0 Å². The van der Waals surface area contributed by atoms with Crippen LogP contribution in [0.2, 0.25) is 12.1 Å². The molecule has 10 N–H and O–H groups in total. The highest BCUT2D eigenvalue weighted by Crippen LogP contribution is 2.29. The Bertz CT molecular complexity index is 1850. The van der Waals surface area contributed by atoms with Crippen molar-refractivity contribution in [2.75, 3.05) is 151 Å². The van der Waals surface area contributed by atoms with Crippen LogP contribution in [0.15, 0.2) is 0 Å². The van der Waals surface area contributed by atoms with E-state index >= 15 is 0 Å². The van der Waals surface area contributed by atoms with Gasteiger partial charge < -0.3 is 104 Å². The summed E-state index contributed by atoms with van der Waals surface area (Å²) in [5.74, 6) is -1.47. The molecule has 2 bridgehead atoms. The maximum atomic E-state index is 11.2. The molecule has 562 valence electrons. The normalized spacial score (nSPS) is 17.7. The first-order valence-electron chi connectivity index (χ1n) is 35.1. The SMILES string of the molecule is C.CCCCCCCCCCCCCCCCCC[N+](C)(C)CCC[Si](O)(O)O.CCCCCCCCCCCCCCCCCC[N+](C)(C)CCC[Si]12OCC[N+](CC(O)CS(=O)(=O)O)(CCO1)CO2.O=S(=O)(O)CC(O)C[N+](CCO)(CCO)CCO.[Cl-].[Cl-].[Cl-]. The largest absolute Gasteiger partial charge is 1.00 e. The predicted octanol–water partition coefficient (Wildman–Crippen LogP) is 0.0604. The summed E-state index contributed by atoms with van der Waals surface area (Å²) in [6, 6.07) is 0.939. The number of fused-ring (bicyclic) bond motifs is 3. The van der Waals surface area contributed by atoms with E-state index in [4.69, 9.17) is 52.1 Å². The molecule has 2 heterocycles. The summed E-state index contributed by atoms with van der Waals surface area (Å²) in [7, 11) is -6.14. The molecule has 2 atom stereocenters. The topological polar surface area (TPSA) is 298 Å². The lowest BCUT2D eigenvalue weighted by Crippen LogP contribution is -3.00. The van der Waals surface area contributed by atoms with Crippen molar-refractivity contribution in [1.29, 1.82) is 0 Å². The molecular weight excluding hydrogens is 1320 g/mol. The van der Waals surface area contributed by atoms with Gasteiger partial charge in [-0.1, -0.05) is 201 Å². The van der Waals surface area contributed by atoms with Crippen molar-refractivity contribution in [2.24, 2.45) is 0 Å². The highest BCUT2D eigenvalue weighted by Gasteiger charge is 2.51. The van der Waals surface area contributed by atoms with Gasteiger partial charge in [0.15, 0.2) is 6.73 Å². The Morgan fingerprint density at radius 1 is 0.446 bits per heavy atom. The maximum Gasteiger partial charge on any atom is 0.505 e. The van der Waals surface area contributed by atoms with Crippen molar-refractivity contribution < 1.29 is 134 Å². The molecule has 21 nitrogen and oxygen atoms in total. The fraction of sp³-hybridized carbons (Fsp3) is 1.00. The van der Waals surface area contributed by atoms with E-state index in [1.807, 2.05) is 0 Å². The maximum absolute atomic E-state index is 11.2. The summed E-state index contributed by atoms with van der Waals surface area (Å²) < 4.78 is 82.4. The Hall–Kier alpha value is 0.524. The van der Waals surface area contributed by atoms with E-state index in [2.05, 4.69) is 42.0 Å². The Morgan fingerprint density at radius 3 is 1.04 bits per heavy atom. The average Bonchev–Trinajstić information content (AvgIpc) is 1.72. The second-order valence-electron chi connectivity index (χ2n) is 27.6. The van der Waals surface area contributed by atoms with Gasteiger partial charge in [0.05, 0.1) is 87.4 Å². The second kappa shape index (κ2) is 59.2. The molecule has 0 aromatic heterocycles. The number of unbranched alkanes of at least 4 members (excludes halogenated alkanes) is 30. The van der Waals surface area contributed by atoms with Crippen molar-refractivity contribution in [1.82, 2.24) is 0 Å². The highest BCUT2D eigenvalue weighted by atomic mass is 35.5. The number of halogens is 3. The minimum absolute atomic E-state index is 0. The van der Waals surface area contributed by atoms with Gasteiger partial charge in [-0.05, 0) is 25.7 Å². The lowest BCUT2D eigenvalue weighted by Gasteiger charge is -2.38. The monoisotopic (exact) mass is 1470 g/mol. The van der Waals surface area contributed by atoms with Crippen LogP contribution < -0.4 is 37.2 Å². The third-order valence-corrected chi connectivity index (χ3v) is 23.3. The van der Waals surface area contributed by atoms with E-state index in [9.17, 15) is 27.0 Å². The number of aliphatic hydroxyl groups excluding tert-OH is 5. The summed E-state index contributed by atoms with van der Waals surface area (Å²) in [4.78, 5) is 27.2. The van der Waals surface area contributed by atoms with E-state index in [1.165, 1.54) is 212 Å². The molecule has 0 aromatic rings. The average molecular weight is 1470 g/mol. The molecule has 2 saturated heterocycles. The summed E-state index contributed by atoms with van der Waals surface area (Å²) in [5, 5.41) is 46.8. The van der Waals surface area contributed by atoms with Crippen molar-refractivity contribution in [3.8, 4) is 0 Å². The van der Waals surface area contributed by atoms with Crippen LogP contribution in [-0.2, 0) is 33.5 Å². The molecule has 2 aliphatic heterocycles. The van der Waals surface area contributed by atoms with Gasteiger partial charge in [0.25, 0.3) is 20.2 Å². The zero-order valence-corrected chi connectivity index (χ0v) is 64.0. The van der Waals surface area contributed by atoms with Gasteiger partial charge in [0.1, 0.15) is 69.5 Å². The number of hydrogen-bond donors (Lipinski definition) is 10. The van der Waals surface area contributed by atoms with Crippen LogP contribution in [0.25, 0.3) is 0 Å². The molecule has 92 heavy (non-hydrogen) atoms. The van der Waals surface area contributed by atoms with Crippen LogP contribution in [0.3, 0.4) is 0 Å². The summed E-state index contributed by atoms with van der Waals surface area (Å²) in [6.07, 6.45) is 43.8. The summed E-state index contributed by atoms with van der Waals surface area (Å²) in [6.45, 7) is 11.4. The lowest BCUT2D eigenvalue weighted by molar-refractivity contribution is -0.942. The Labute approximate surface area is 584 Å². The van der Waals surface area contributed by atoms with Gasteiger partial charge in [-0.3, -0.25) is 13.6 Å². The van der Waals surface area contributed by atoms with Gasteiger partial charge >= 0.3 is 17.6 Å². The number of rotatable bonds is 56. The van der Waals surface area contributed by atoms with E-state index in [-0.39, 0.29) is 108 Å². The van der Waals surface area contributed by atoms with Crippen LogP contribution in [0.4, 0.5) is 0 Å². The number of hydrogen-bond acceptors (Lipinski definition) is 15. The van der Waals surface area contributed by atoms with Crippen LogP contribution >= 0.6 is 0 Å². The van der Waals surface area contributed by atoms with Crippen LogP contribution in [0.5, 0.6) is 0 Å². The standard InChI is InChI=1S/C31H65N2O7SSi.C23H52NO3Si.C9H21NO7S.CH4.3ClH/c1-4-5-6-7-8-9-10-11-12-13-14-15-16-17-18-19-21-32(2,3)22-20-27-42-38-25-23-33(30-40-42,24-26-39-42)28-31(34)29-41(35,36)37;1-4-5-6-7-8-9-10-11-12-13-14-15-16-17-18-19-21-24(2,3)22-20-23-28(25,26)27;11-4-1-10(2-5-12,3-6-13)7-9(14)8-18(15,16)17;;;;/h31,34H,4-30H2,1-3H3;25-27H,4-23H2,1-3H3;9,11-14H,1-8H2;1H4;3*1H/q2*+1;;;;;/p-1. The molecule has 0 amide bonds. The molecule has 2 unspecified atom stereocenters. The molecule has 0 saturated carbocycles. The van der Waals surface area contributed by atoms with Crippen LogP contribution in [-0.4, -0.2) is 265 Å². The van der Waals surface area contributed by atoms with Gasteiger partial charge in [-0.2, -0.15) is 16.8 Å². The fourth-order valence-corrected chi connectivity index (χ4v) is 16.8. The lowest BCUT2D eigenvalue weighted by atomic mass is 10.0. The predicted molar refractivity (Wildman–Crippen MR) is 365 cm³/mol.